The van der Waals surface area contributed by atoms with Gasteiger partial charge in [0.15, 0.2) is 0 Å². The van der Waals surface area contributed by atoms with Crippen LogP contribution in [0, 0.1) is 0 Å². The molecule has 0 bridgehead atoms. The van der Waals surface area contributed by atoms with Gasteiger partial charge < -0.3 is 10.4 Å². The summed E-state index contributed by atoms with van der Waals surface area (Å²) in [5.74, 6) is -1.92. The Kier molecular flexibility index (Phi) is 6.52. The van der Waals surface area contributed by atoms with Crippen molar-refractivity contribution in [3.63, 3.8) is 0 Å². The van der Waals surface area contributed by atoms with Crippen molar-refractivity contribution >= 4 is 11.9 Å². The Morgan fingerprint density at radius 3 is 1.89 bits per heavy atom. The number of carbonyl (C=O) groups excluding carboxylic acids is 1. The molecule has 0 saturated heterocycles. The molecule has 0 aliphatic rings. The maximum Gasteiger partial charge on any atom is 0.326 e. The number of rotatable bonds is 8. The monoisotopic (exact) mass is 374 g/mol. The molecule has 0 fully saturated rings. The van der Waals surface area contributed by atoms with E-state index in [-0.39, 0.29) is 5.91 Å². The third-order valence-corrected chi connectivity index (χ3v) is 4.61. The lowest BCUT2D eigenvalue weighted by Crippen LogP contribution is -2.43. The van der Waals surface area contributed by atoms with Gasteiger partial charge in [-0.1, -0.05) is 60.7 Å². The fourth-order valence-corrected chi connectivity index (χ4v) is 3.16. The van der Waals surface area contributed by atoms with Gasteiger partial charge in [0.25, 0.3) is 0 Å². The van der Waals surface area contributed by atoms with Crippen molar-refractivity contribution in [2.45, 2.75) is 24.8 Å². The van der Waals surface area contributed by atoms with E-state index in [4.69, 9.17) is 0 Å². The molecule has 142 valence electrons. The fourth-order valence-electron chi connectivity index (χ4n) is 3.16. The molecule has 2 N–H and O–H groups in total. The fraction of sp³-hybridized carbons (Fsp3) is 0.174. The number of nitrogens with zero attached hydrogens (tertiary/aromatic N) is 1. The summed E-state index contributed by atoms with van der Waals surface area (Å²) in [6.07, 6.45) is 4.19. The predicted molar refractivity (Wildman–Crippen MR) is 107 cm³/mol. The Hall–Kier alpha value is -3.47. The van der Waals surface area contributed by atoms with Gasteiger partial charge >= 0.3 is 5.97 Å². The van der Waals surface area contributed by atoms with Gasteiger partial charge in [0.05, 0.1) is 5.92 Å². The number of amides is 1. The average Bonchev–Trinajstić information content (AvgIpc) is 2.73. The molecule has 1 heterocycles. The molecule has 1 unspecified atom stereocenters. The lowest BCUT2D eigenvalue weighted by atomic mass is 9.90. The van der Waals surface area contributed by atoms with E-state index in [0.717, 1.165) is 16.7 Å². The maximum atomic E-state index is 13.1. The molecule has 0 saturated carbocycles. The second-order valence-electron chi connectivity index (χ2n) is 6.55. The van der Waals surface area contributed by atoms with Crippen LogP contribution >= 0.6 is 0 Å². The number of aliphatic carboxylic acids is 1. The van der Waals surface area contributed by atoms with E-state index in [9.17, 15) is 14.7 Å². The Balaban J connectivity index is 1.78. The molecule has 1 amide bonds. The first-order valence-corrected chi connectivity index (χ1v) is 9.17. The quantitative estimate of drug-likeness (QED) is 0.633. The standard InChI is InChI=1S/C23H22N2O3/c26-22(25-20(23(27)28)12-11-17-13-15-24-16-14-17)21(18-7-3-1-4-8-18)19-9-5-2-6-10-19/h1-10,13-16,20-21H,11-12H2,(H,25,26)(H,27,28). The lowest BCUT2D eigenvalue weighted by molar-refractivity contribution is -0.142. The predicted octanol–water partition coefficient (Wildman–Crippen LogP) is 3.42. The number of pyridine rings is 1. The highest BCUT2D eigenvalue weighted by molar-refractivity contribution is 5.90. The molecule has 0 spiro atoms. The van der Waals surface area contributed by atoms with E-state index in [2.05, 4.69) is 10.3 Å². The summed E-state index contributed by atoms with van der Waals surface area (Å²) in [5, 5.41) is 12.3. The van der Waals surface area contributed by atoms with Gasteiger partial charge in [0, 0.05) is 12.4 Å². The van der Waals surface area contributed by atoms with E-state index in [1.165, 1.54) is 0 Å². The summed E-state index contributed by atoms with van der Waals surface area (Å²) in [6, 6.07) is 21.5. The molecule has 28 heavy (non-hydrogen) atoms. The van der Waals surface area contributed by atoms with Crippen molar-refractivity contribution in [2.75, 3.05) is 0 Å². The van der Waals surface area contributed by atoms with E-state index in [1.54, 1.807) is 12.4 Å². The van der Waals surface area contributed by atoms with Gasteiger partial charge in [-0.3, -0.25) is 9.78 Å². The van der Waals surface area contributed by atoms with Gasteiger partial charge in [0.1, 0.15) is 6.04 Å². The summed E-state index contributed by atoms with van der Waals surface area (Å²) in [4.78, 5) is 28.8. The normalized spacial score (nSPS) is 11.8. The third-order valence-electron chi connectivity index (χ3n) is 4.61. The van der Waals surface area contributed by atoms with Crippen LogP contribution in [0.15, 0.2) is 85.2 Å². The topological polar surface area (TPSA) is 79.3 Å². The van der Waals surface area contributed by atoms with Crippen LogP contribution in [-0.4, -0.2) is 28.0 Å². The Labute approximate surface area is 164 Å². The molecule has 1 aromatic heterocycles. The summed E-state index contributed by atoms with van der Waals surface area (Å²) >= 11 is 0. The number of aryl methyl sites for hydroxylation is 1. The van der Waals surface area contributed by atoms with E-state index >= 15 is 0 Å². The van der Waals surface area contributed by atoms with Crippen LogP contribution in [0.1, 0.15) is 29.0 Å². The summed E-state index contributed by atoms with van der Waals surface area (Å²) in [5.41, 5.74) is 2.63. The minimum atomic E-state index is -1.04. The van der Waals surface area contributed by atoms with Crippen LogP contribution in [0.4, 0.5) is 0 Å². The zero-order valence-corrected chi connectivity index (χ0v) is 15.4. The van der Waals surface area contributed by atoms with Crippen LogP contribution in [0.2, 0.25) is 0 Å². The smallest absolute Gasteiger partial charge is 0.326 e. The zero-order valence-electron chi connectivity index (χ0n) is 15.4. The molecule has 1 atom stereocenters. The number of carboxylic acid groups (broad SMARTS) is 1. The van der Waals surface area contributed by atoms with Gasteiger partial charge in [-0.2, -0.15) is 0 Å². The lowest BCUT2D eigenvalue weighted by Gasteiger charge is -2.21. The molecular weight excluding hydrogens is 352 g/mol. The van der Waals surface area contributed by atoms with Crippen LogP contribution in [0.25, 0.3) is 0 Å². The van der Waals surface area contributed by atoms with Crippen LogP contribution < -0.4 is 5.32 Å². The minimum Gasteiger partial charge on any atom is -0.480 e. The van der Waals surface area contributed by atoms with E-state index in [0.29, 0.717) is 12.8 Å². The number of carbonyl (C=O) groups is 2. The molecule has 0 aliphatic heterocycles. The minimum absolute atomic E-state index is 0.307. The first-order valence-electron chi connectivity index (χ1n) is 9.17. The van der Waals surface area contributed by atoms with Gasteiger partial charge in [0.2, 0.25) is 5.91 Å². The Morgan fingerprint density at radius 1 is 0.857 bits per heavy atom. The number of hydrogen-bond donors (Lipinski definition) is 2. The molecule has 2 aromatic carbocycles. The van der Waals surface area contributed by atoms with Crippen LogP contribution in [0.3, 0.4) is 0 Å². The number of aromatic nitrogens is 1. The molecule has 5 heteroatoms. The first-order chi connectivity index (χ1) is 13.6. The molecule has 0 radical (unpaired) electrons. The second kappa shape index (κ2) is 9.46. The van der Waals surface area contributed by atoms with Gasteiger partial charge in [-0.25, -0.2) is 4.79 Å². The number of carboxylic acids is 1. The van der Waals surface area contributed by atoms with E-state index < -0.39 is 17.9 Å². The van der Waals surface area contributed by atoms with Crippen molar-refractivity contribution in [2.24, 2.45) is 0 Å². The highest BCUT2D eigenvalue weighted by Gasteiger charge is 2.27. The Bertz CT molecular complexity index is 859. The molecule has 5 nitrogen and oxygen atoms in total. The molecule has 0 aliphatic carbocycles. The van der Waals surface area contributed by atoms with Crippen LogP contribution in [0.5, 0.6) is 0 Å². The van der Waals surface area contributed by atoms with Gasteiger partial charge in [-0.05, 0) is 41.7 Å². The zero-order chi connectivity index (χ0) is 19.8. The largest absolute Gasteiger partial charge is 0.480 e. The number of nitrogens with one attached hydrogen (secondary N) is 1. The Morgan fingerprint density at radius 2 is 1.39 bits per heavy atom. The summed E-state index contributed by atoms with van der Waals surface area (Å²) < 4.78 is 0. The average molecular weight is 374 g/mol. The highest BCUT2D eigenvalue weighted by Crippen LogP contribution is 2.25. The van der Waals surface area contributed by atoms with Crippen LogP contribution in [-0.2, 0) is 16.0 Å². The third kappa shape index (κ3) is 5.04. The van der Waals surface area contributed by atoms with Crippen molar-refractivity contribution in [1.82, 2.24) is 10.3 Å². The summed E-state index contributed by atoms with van der Waals surface area (Å²) in [7, 11) is 0. The SMILES string of the molecule is O=C(O)C(CCc1ccncc1)NC(=O)C(c1ccccc1)c1ccccc1. The molecule has 3 aromatic rings. The van der Waals surface area contributed by atoms with Crippen molar-refractivity contribution in [1.29, 1.82) is 0 Å². The number of benzene rings is 2. The van der Waals surface area contributed by atoms with Crippen molar-refractivity contribution < 1.29 is 14.7 Å². The van der Waals surface area contributed by atoms with E-state index in [1.807, 2.05) is 72.8 Å². The first kappa shape index (κ1) is 19.3. The number of hydrogen-bond acceptors (Lipinski definition) is 3. The second-order valence-corrected chi connectivity index (χ2v) is 6.55. The van der Waals surface area contributed by atoms with Crippen molar-refractivity contribution in [3.05, 3.63) is 102 Å². The van der Waals surface area contributed by atoms with Gasteiger partial charge in [-0.15, -0.1) is 0 Å². The van der Waals surface area contributed by atoms with Crippen molar-refractivity contribution in [3.8, 4) is 0 Å². The maximum absolute atomic E-state index is 13.1. The highest BCUT2D eigenvalue weighted by atomic mass is 16.4. The molecule has 3 rings (SSSR count). The molecular formula is C23H22N2O3. The summed E-state index contributed by atoms with van der Waals surface area (Å²) in [6.45, 7) is 0.